The number of allylic oxidation sites excluding steroid dienone is 1. The van der Waals surface area contributed by atoms with Crippen molar-refractivity contribution in [3.63, 3.8) is 0 Å². The molecule has 10 nitrogen and oxygen atoms in total. The number of cyclic esters (lactones) is 1. The third-order valence-electron chi connectivity index (χ3n) is 8.50. The third-order valence-corrected chi connectivity index (χ3v) is 8.50. The quantitative estimate of drug-likeness (QED) is 0.309. The van der Waals surface area contributed by atoms with Crippen LogP contribution in [0.2, 0.25) is 0 Å². The smallest absolute Gasteiger partial charge is 0.410 e. The van der Waals surface area contributed by atoms with Gasteiger partial charge in [-0.1, -0.05) is 42.5 Å². The number of carbonyl (C=O) groups is 3. The van der Waals surface area contributed by atoms with Gasteiger partial charge in [0.2, 0.25) is 5.91 Å². The summed E-state index contributed by atoms with van der Waals surface area (Å²) in [5.74, 6) is 0.210. The second-order valence-corrected chi connectivity index (χ2v) is 11.4. The molecule has 230 valence electrons. The summed E-state index contributed by atoms with van der Waals surface area (Å²) in [4.78, 5) is 46.4. The maximum atomic E-state index is 13.8. The Morgan fingerprint density at radius 2 is 1.98 bits per heavy atom. The molecule has 3 heterocycles. The predicted octanol–water partition coefficient (Wildman–Crippen LogP) is 5.05. The number of aromatic nitrogens is 1. The normalized spacial score (nSPS) is 26.0. The molecule has 3 aromatic rings. The predicted molar refractivity (Wildman–Crippen MR) is 163 cm³/mol. The Balaban J connectivity index is 1.30. The van der Waals surface area contributed by atoms with Crippen LogP contribution in [0.1, 0.15) is 39.0 Å². The second kappa shape index (κ2) is 12.6. The molecule has 4 atom stereocenters. The fourth-order valence-electron chi connectivity index (χ4n) is 6.05. The maximum absolute atomic E-state index is 13.8. The average Bonchev–Trinajstić information content (AvgIpc) is 3.57. The number of carbonyl (C=O) groups excluding carboxylic acids is 3. The molecule has 0 spiro atoms. The number of fused-ring (bicyclic) bond motifs is 3. The van der Waals surface area contributed by atoms with Crippen LogP contribution >= 0.6 is 0 Å². The van der Waals surface area contributed by atoms with E-state index in [2.05, 4.69) is 5.32 Å². The topological polar surface area (TPSA) is 116 Å². The van der Waals surface area contributed by atoms with Crippen molar-refractivity contribution in [2.24, 2.45) is 5.92 Å². The lowest BCUT2D eigenvalue weighted by Gasteiger charge is -2.25. The molecule has 10 heteroatoms. The lowest BCUT2D eigenvalue weighted by Crippen LogP contribution is -2.53. The molecule has 1 N–H and O–H groups in total. The first-order valence-electron chi connectivity index (χ1n) is 15.2. The Labute approximate surface area is 256 Å². The number of nitrogens with one attached hydrogen (secondary N) is 1. The van der Waals surface area contributed by atoms with E-state index in [9.17, 15) is 14.4 Å². The van der Waals surface area contributed by atoms with Crippen LogP contribution < -0.4 is 14.8 Å². The van der Waals surface area contributed by atoms with Crippen LogP contribution in [0.3, 0.4) is 0 Å². The molecule has 0 radical (unpaired) electrons. The summed E-state index contributed by atoms with van der Waals surface area (Å²) in [6, 6.07) is 16.4. The molecule has 2 aliphatic heterocycles. The summed E-state index contributed by atoms with van der Waals surface area (Å²) in [5.41, 5.74) is 1.21. The summed E-state index contributed by atoms with van der Waals surface area (Å²) in [6.07, 6.45) is 5.93. The first-order valence-corrected chi connectivity index (χ1v) is 15.2. The highest BCUT2D eigenvalue weighted by Crippen LogP contribution is 2.46. The second-order valence-electron chi connectivity index (χ2n) is 11.4. The molecule has 0 bridgehead atoms. The highest BCUT2D eigenvalue weighted by molar-refractivity contribution is 5.95. The number of amides is 2. The molecule has 1 aromatic heterocycles. The zero-order valence-electron chi connectivity index (χ0n) is 25.0. The van der Waals surface area contributed by atoms with Gasteiger partial charge in [0, 0.05) is 35.4 Å². The molecular formula is C34H37N3O7. The van der Waals surface area contributed by atoms with Gasteiger partial charge < -0.3 is 24.3 Å². The summed E-state index contributed by atoms with van der Waals surface area (Å²) >= 11 is 0. The molecule has 2 aromatic carbocycles. The van der Waals surface area contributed by atoms with Crippen molar-refractivity contribution in [2.45, 2.75) is 56.7 Å². The van der Waals surface area contributed by atoms with Crippen molar-refractivity contribution < 1.29 is 33.3 Å². The number of methoxy groups -OCH3 is 1. The van der Waals surface area contributed by atoms with E-state index >= 15 is 0 Å². The van der Waals surface area contributed by atoms with Crippen LogP contribution in [0.5, 0.6) is 11.5 Å². The lowest BCUT2D eigenvalue weighted by atomic mass is 10.1. The summed E-state index contributed by atoms with van der Waals surface area (Å²) in [6.45, 7) is 2.36. The number of benzene rings is 2. The molecule has 6 rings (SSSR count). The van der Waals surface area contributed by atoms with Crippen LogP contribution in [-0.2, 0) is 19.1 Å². The largest absolute Gasteiger partial charge is 0.497 e. The minimum absolute atomic E-state index is 0.146. The van der Waals surface area contributed by atoms with Crippen LogP contribution in [0.25, 0.3) is 22.2 Å². The van der Waals surface area contributed by atoms with Gasteiger partial charge in [-0.2, -0.15) is 0 Å². The van der Waals surface area contributed by atoms with E-state index in [1.807, 2.05) is 66.7 Å². The number of esters is 1. The number of rotatable bonds is 6. The molecule has 2 amide bonds. The van der Waals surface area contributed by atoms with E-state index in [0.29, 0.717) is 29.9 Å². The first-order chi connectivity index (χ1) is 21.4. The van der Waals surface area contributed by atoms with Crippen molar-refractivity contribution in [3.8, 4) is 22.8 Å². The number of pyridine rings is 1. The molecule has 3 aliphatic rings. The van der Waals surface area contributed by atoms with Crippen molar-refractivity contribution in [1.82, 2.24) is 15.2 Å². The lowest BCUT2D eigenvalue weighted by molar-refractivity contribution is -0.149. The fourth-order valence-corrected chi connectivity index (χ4v) is 6.05. The van der Waals surface area contributed by atoms with Crippen LogP contribution in [-0.4, -0.2) is 72.4 Å². The van der Waals surface area contributed by atoms with Crippen molar-refractivity contribution in [2.75, 3.05) is 26.9 Å². The van der Waals surface area contributed by atoms with E-state index in [1.165, 1.54) is 4.90 Å². The minimum Gasteiger partial charge on any atom is -0.497 e. The van der Waals surface area contributed by atoms with Crippen molar-refractivity contribution in [1.29, 1.82) is 0 Å². The Morgan fingerprint density at radius 3 is 2.77 bits per heavy atom. The Bertz CT molecular complexity index is 1580. The van der Waals surface area contributed by atoms with Crippen LogP contribution in [0, 0.1) is 5.92 Å². The summed E-state index contributed by atoms with van der Waals surface area (Å²) in [7, 11) is 1.60. The average molecular weight is 600 g/mol. The van der Waals surface area contributed by atoms with Gasteiger partial charge >= 0.3 is 12.1 Å². The number of nitrogens with zero attached hydrogens (tertiary/aromatic N) is 2. The molecule has 0 unspecified atom stereocenters. The number of hydrogen-bond acceptors (Lipinski definition) is 8. The van der Waals surface area contributed by atoms with E-state index in [-0.39, 0.29) is 32.1 Å². The van der Waals surface area contributed by atoms with E-state index in [4.69, 9.17) is 23.9 Å². The summed E-state index contributed by atoms with van der Waals surface area (Å²) in [5, 5.41) is 3.74. The van der Waals surface area contributed by atoms with Gasteiger partial charge in [0.25, 0.3) is 0 Å². The highest BCUT2D eigenvalue weighted by Gasteiger charge is 2.62. The van der Waals surface area contributed by atoms with Gasteiger partial charge in [0.1, 0.15) is 29.2 Å². The van der Waals surface area contributed by atoms with Gasteiger partial charge in [-0.05, 0) is 44.7 Å². The van der Waals surface area contributed by atoms with E-state index < -0.39 is 35.7 Å². The number of hydrogen-bond donors (Lipinski definition) is 1. The number of ether oxygens (including phenoxy) is 4. The van der Waals surface area contributed by atoms with Gasteiger partial charge in [0.05, 0.1) is 38.1 Å². The third kappa shape index (κ3) is 5.93. The molecule has 1 saturated heterocycles. The molecule has 2 fully saturated rings. The van der Waals surface area contributed by atoms with Gasteiger partial charge in [-0.3, -0.25) is 9.69 Å². The zero-order valence-corrected chi connectivity index (χ0v) is 25.0. The van der Waals surface area contributed by atoms with Crippen LogP contribution in [0.4, 0.5) is 4.79 Å². The van der Waals surface area contributed by atoms with Crippen LogP contribution in [0.15, 0.2) is 66.7 Å². The molecule has 44 heavy (non-hydrogen) atoms. The minimum atomic E-state index is -1.13. The summed E-state index contributed by atoms with van der Waals surface area (Å²) < 4.78 is 22.9. The van der Waals surface area contributed by atoms with Gasteiger partial charge in [-0.15, -0.1) is 0 Å². The molecular weight excluding hydrogens is 562 g/mol. The Kier molecular flexibility index (Phi) is 8.41. The zero-order chi connectivity index (χ0) is 30.7. The van der Waals surface area contributed by atoms with Gasteiger partial charge in [0.15, 0.2) is 0 Å². The molecule has 1 aliphatic carbocycles. The fraction of sp³-hybridized carbons (Fsp3) is 0.412. The first kappa shape index (κ1) is 29.5. The van der Waals surface area contributed by atoms with E-state index in [0.717, 1.165) is 29.5 Å². The van der Waals surface area contributed by atoms with E-state index in [1.54, 1.807) is 14.0 Å². The molecule has 1 saturated carbocycles. The SMILES string of the molecule is CCOC(=O)[C@@]12C[C@H]1/C=C\CCCCOC(=O)N1C[C@H](Oc3cc(-c4ccccc4)nc4cc(OC)ccc34)C[C@H]1C(=O)N2. The Hall–Kier alpha value is -4.60. The Morgan fingerprint density at radius 1 is 1.14 bits per heavy atom. The maximum Gasteiger partial charge on any atom is 0.410 e. The van der Waals surface area contributed by atoms with Crippen molar-refractivity contribution in [3.05, 3.63) is 66.7 Å². The highest BCUT2D eigenvalue weighted by atomic mass is 16.6. The van der Waals surface area contributed by atoms with Crippen molar-refractivity contribution >= 4 is 28.9 Å². The van der Waals surface area contributed by atoms with Gasteiger partial charge in [-0.25, -0.2) is 14.6 Å². The standard InChI is InChI=1S/C34H37N3O7/c1-3-42-32(39)34-20-23(34)13-9-4-5-10-16-43-33(40)37-21-25(18-29(37)31(38)36-34)44-30-19-27(22-11-7-6-8-12-22)35-28-17-24(41-2)14-15-26(28)30/h6-9,11-15,17,19,23,25,29H,3-5,10,16,18,20-21H2,1-2H3,(H,36,38)/b13-9-/t23-,25-,29+,34-/m1/s1. The monoisotopic (exact) mass is 599 g/mol.